The van der Waals surface area contributed by atoms with Gasteiger partial charge >= 0.3 is 12.0 Å². The van der Waals surface area contributed by atoms with Gasteiger partial charge in [-0.1, -0.05) is 36.3 Å². The molecule has 106 valence electrons. The first-order valence-corrected chi connectivity index (χ1v) is 6.34. The van der Waals surface area contributed by atoms with E-state index in [4.69, 9.17) is 6.42 Å². The average molecular weight is 274 g/mol. The first-order valence-electron chi connectivity index (χ1n) is 6.34. The zero-order valence-electron chi connectivity index (χ0n) is 11.4. The van der Waals surface area contributed by atoms with Gasteiger partial charge in [-0.2, -0.15) is 0 Å². The normalized spacial score (nSPS) is 11.2. The number of carboxylic acids is 1. The molecule has 0 fully saturated rings. The summed E-state index contributed by atoms with van der Waals surface area (Å²) in [5.74, 6) is 0.642. The predicted molar refractivity (Wildman–Crippen MR) is 76.3 cm³/mol. The number of amides is 2. The van der Waals surface area contributed by atoms with Crippen molar-refractivity contribution in [1.29, 1.82) is 0 Å². The van der Waals surface area contributed by atoms with Gasteiger partial charge in [0.25, 0.3) is 0 Å². The fourth-order valence-electron chi connectivity index (χ4n) is 1.77. The van der Waals surface area contributed by atoms with Crippen molar-refractivity contribution < 1.29 is 14.7 Å². The van der Waals surface area contributed by atoms with E-state index in [2.05, 4.69) is 11.2 Å². The first kappa shape index (κ1) is 15.6. The van der Waals surface area contributed by atoms with Crippen LogP contribution in [0.4, 0.5) is 4.79 Å². The van der Waals surface area contributed by atoms with Crippen LogP contribution in [-0.4, -0.2) is 41.6 Å². The van der Waals surface area contributed by atoms with Crippen LogP contribution in [0.2, 0.25) is 0 Å². The zero-order valence-corrected chi connectivity index (χ0v) is 11.4. The zero-order chi connectivity index (χ0) is 15.0. The van der Waals surface area contributed by atoms with Crippen LogP contribution >= 0.6 is 0 Å². The Morgan fingerprint density at radius 1 is 1.40 bits per heavy atom. The molecule has 1 atom stereocenters. The number of carboxylic acid groups (broad SMARTS) is 1. The van der Waals surface area contributed by atoms with E-state index in [1.165, 1.54) is 4.90 Å². The second-order valence-corrected chi connectivity index (χ2v) is 4.21. The Morgan fingerprint density at radius 2 is 2.05 bits per heavy atom. The van der Waals surface area contributed by atoms with Gasteiger partial charge < -0.3 is 15.3 Å². The molecule has 5 nitrogen and oxygen atoms in total. The van der Waals surface area contributed by atoms with Gasteiger partial charge in [0.1, 0.15) is 0 Å². The third kappa shape index (κ3) is 4.32. The van der Waals surface area contributed by atoms with E-state index in [0.717, 1.165) is 0 Å². The number of nitrogens with one attached hydrogen (secondary N) is 1. The van der Waals surface area contributed by atoms with Crippen molar-refractivity contribution in [3.8, 4) is 12.3 Å². The van der Waals surface area contributed by atoms with E-state index in [0.29, 0.717) is 12.1 Å². The van der Waals surface area contributed by atoms with E-state index in [1.807, 2.05) is 13.0 Å². The summed E-state index contributed by atoms with van der Waals surface area (Å²) >= 11 is 0. The number of carbonyl (C=O) groups excluding carboxylic acids is 1. The quantitative estimate of drug-likeness (QED) is 0.773. The van der Waals surface area contributed by atoms with Crippen LogP contribution in [-0.2, 0) is 4.79 Å². The largest absolute Gasteiger partial charge is 0.481 e. The number of nitrogens with zero attached hydrogens (tertiary/aromatic N) is 1. The monoisotopic (exact) mass is 274 g/mol. The van der Waals surface area contributed by atoms with Crippen molar-refractivity contribution in [3.05, 3.63) is 35.9 Å². The Hall–Kier alpha value is -2.48. The molecule has 0 spiro atoms. The molecule has 0 radical (unpaired) electrons. The number of rotatable bonds is 6. The lowest BCUT2D eigenvalue weighted by Gasteiger charge is -2.20. The van der Waals surface area contributed by atoms with Crippen LogP contribution in [0.3, 0.4) is 0 Å². The number of hydrogen-bond acceptors (Lipinski definition) is 2. The molecule has 20 heavy (non-hydrogen) atoms. The van der Waals surface area contributed by atoms with Gasteiger partial charge in [-0.15, -0.1) is 6.42 Å². The molecule has 2 amide bonds. The fraction of sp³-hybridized carbons (Fsp3) is 0.333. The molecule has 0 bridgehead atoms. The maximum atomic E-state index is 11.8. The van der Waals surface area contributed by atoms with Crippen molar-refractivity contribution in [2.24, 2.45) is 0 Å². The van der Waals surface area contributed by atoms with E-state index < -0.39 is 11.9 Å². The molecule has 1 unspecified atom stereocenters. The second-order valence-electron chi connectivity index (χ2n) is 4.21. The lowest BCUT2D eigenvalue weighted by atomic mass is 9.99. The van der Waals surface area contributed by atoms with Crippen LogP contribution in [0, 0.1) is 12.3 Å². The van der Waals surface area contributed by atoms with Gasteiger partial charge in [0.15, 0.2) is 0 Å². The highest BCUT2D eigenvalue weighted by molar-refractivity contribution is 5.79. The summed E-state index contributed by atoms with van der Waals surface area (Å²) in [6, 6.07) is 8.45. The Balaban J connectivity index is 2.67. The highest BCUT2D eigenvalue weighted by Crippen LogP contribution is 2.14. The SMILES string of the molecule is C#CCN(CC)C(=O)NCC(C(=O)O)c1ccccc1. The fourth-order valence-corrected chi connectivity index (χ4v) is 1.77. The third-order valence-corrected chi connectivity index (χ3v) is 2.91. The molecular weight excluding hydrogens is 256 g/mol. The summed E-state index contributed by atoms with van der Waals surface area (Å²) in [5.41, 5.74) is 0.653. The molecule has 0 aliphatic carbocycles. The van der Waals surface area contributed by atoms with Crippen LogP contribution in [0.1, 0.15) is 18.4 Å². The molecule has 1 rings (SSSR count). The van der Waals surface area contributed by atoms with Gasteiger partial charge in [0.2, 0.25) is 0 Å². The molecule has 0 aromatic heterocycles. The predicted octanol–water partition coefficient (Wildman–Crippen LogP) is 1.52. The number of aliphatic carboxylic acids is 1. The van der Waals surface area contributed by atoms with Gasteiger partial charge in [-0.3, -0.25) is 4.79 Å². The Labute approximate surface area is 118 Å². The molecule has 0 saturated carbocycles. The summed E-state index contributed by atoms with van der Waals surface area (Å²) in [5, 5.41) is 11.9. The van der Waals surface area contributed by atoms with Gasteiger partial charge in [-0.25, -0.2) is 4.79 Å². The molecular formula is C15H18N2O3. The van der Waals surface area contributed by atoms with Crippen molar-refractivity contribution >= 4 is 12.0 Å². The maximum Gasteiger partial charge on any atom is 0.318 e. The number of hydrogen-bond donors (Lipinski definition) is 2. The van der Waals surface area contributed by atoms with Gasteiger partial charge in [0.05, 0.1) is 12.5 Å². The van der Waals surface area contributed by atoms with Crippen LogP contribution < -0.4 is 5.32 Å². The number of urea groups is 1. The molecule has 5 heteroatoms. The van der Waals surface area contributed by atoms with E-state index >= 15 is 0 Å². The molecule has 1 aromatic rings. The molecule has 0 aliphatic rings. The minimum Gasteiger partial charge on any atom is -0.481 e. The summed E-state index contributed by atoms with van der Waals surface area (Å²) in [7, 11) is 0. The molecule has 1 aromatic carbocycles. The maximum absolute atomic E-state index is 11.8. The van der Waals surface area contributed by atoms with Crippen molar-refractivity contribution in [3.63, 3.8) is 0 Å². The summed E-state index contributed by atoms with van der Waals surface area (Å²) in [6.45, 7) is 2.51. The van der Waals surface area contributed by atoms with Crippen LogP contribution in [0.15, 0.2) is 30.3 Å². The topological polar surface area (TPSA) is 69.6 Å². The third-order valence-electron chi connectivity index (χ3n) is 2.91. The molecule has 0 heterocycles. The summed E-state index contributed by atoms with van der Waals surface area (Å²) < 4.78 is 0. The second kappa shape index (κ2) is 7.85. The average Bonchev–Trinajstić information content (AvgIpc) is 2.45. The Bertz CT molecular complexity index is 494. The Morgan fingerprint density at radius 3 is 2.55 bits per heavy atom. The lowest BCUT2D eigenvalue weighted by molar-refractivity contribution is -0.138. The van der Waals surface area contributed by atoms with E-state index in [1.54, 1.807) is 24.3 Å². The number of carbonyl (C=O) groups is 2. The number of terminal acetylenes is 1. The van der Waals surface area contributed by atoms with Gasteiger partial charge in [0, 0.05) is 13.1 Å². The highest BCUT2D eigenvalue weighted by atomic mass is 16.4. The molecule has 0 aliphatic heterocycles. The highest BCUT2D eigenvalue weighted by Gasteiger charge is 2.21. The summed E-state index contributed by atoms with van der Waals surface area (Å²) in [4.78, 5) is 24.6. The number of benzene rings is 1. The lowest BCUT2D eigenvalue weighted by Crippen LogP contribution is -2.42. The van der Waals surface area contributed by atoms with E-state index in [-0.39, 0.29) is 19.1 Å². The molecule has 2 N–H and O–H groups in total. The minimum absolute atomic E-state index is 0.0270. The first-order chi connectivity index (χ1) is 9.60. The van der Waals surface area contributed by atoms with Crippen molar-refractivity contribution in [1.82, 2.24) is 10.2 Å². The smallest absolute Gasteiger partial charge is 0.318 e. The van der Waals surface area contributed by atoms with Gasteiger partial charge in [-0.05, 0) is 12.5 Å². The Kier molecular flexibility index (Phi) is 6.11. The van der Waals surface area contributed by atoms with Crippen LogP contribution in [0.25, 0.3) is 0 Å². The van der Waals surface area contributed by atoms with E-state index in [9.17, 15) is 14.7 Å². The standard InChI is InChI=1S/C15H18N2O3/c1-3-10-17(4-2)15(20)16-11-13(14(18)19)12-8-6-5-7-9-12/h1,5-9,13H,4,10-11H2,2H3,(H,16,20)(H,18,19). The molecule has 0 saturated heterocycles. The minimum atomic E-state index is -0.975. The van der Waals surface area contributed by atoms with Crippen molar-refractivity contribution in [2.75, 3.05) is 19.6 Å². The van der Waals surface area contributed by atoms with Crippen LogP contribution in [0.5, 0.6) is 0 Å². The van der Waals surface area contributed by atoms with Crippen molar-refractivity contribution in [2.45, 2.75) is 12.8 Å². The summed E-state index contributed by atoms with van der Waals surface area (Å²) in [6.07, 6.45) is 5.17.